The van der Waals surface area contributed by atoms with Crippen LogP contribution in [0.2, 0.25) is 0 Å². The highest BCUT2D eigenvalue weighted by Gasteiger charge is 2.31. The van der Waals surface area contributed by atoms with E-state index in [2.05, 4.69) is 15.2 Å². The van der Waals surface area contributed by atoms with Crippen molar-refractivity contribution in [3.63, 3.8) is 0 Å². The zero-order valence-electron chi connectivity index (χ0n) is 18.1. The lowest BCUT2D eigenvalue weighted by Gasteiger charge is -2.37. The minimum absolute atomic E-state index is 0. The third-order valence-corrected chi connectivity index (χ3v) is 5.17. The largest absolute Gasteiger partial charge is 0.484 e. The molecule has 2 saturated heterocycles. The fraction of sp³-hybridized carbons (Fsp3) is 0.619. The van der Waals surface area contributed by atoms with Gasteiger partial charge in [-0.15, -0.1) is 24.0 Å². The van der Waals surface area contributed by atoms with Crippen LogP contribution in [0.4, 0.5) is 13.2 Å². The molecule has 2 heterocycles. The van der Waals surface area contributed by atoms with Crippen LogP contribution in [0, 0.1) is 0 Å². The van der Waals surface area contributed by atoms with E-state index in [4.69, 9.17) is 9.47 Å². The van der Waals surface area contributed by atoms with Crippen LogP contribution in [-0.4, -0.2) is 79.9 Å². The van der Waals surface area contributed by atoms with Gasteiger partial charge in [0.15, 0.2) is 12.6 Å². The number of piperazine rings is 1. The summed E-state index contributed by atoms with van der Waals surface area (Å²) in [4.78, 5) is 21.1. The van der Waals surface area contributed by atoms with E-state index in [0.717, 1.165) is 24.4 Å². The molecule has 32 heavy (non-hydrogen) atoms. The SMILES string of the molecule is CCNC(=NCc1ccc(OCC(F)(F)F)cc1)N1CCN(C(=O)C2CCCO2)CC1.I. The Labute approximate surface area is 203 Å². The molecule has 1 amide bonds. The van der Waals surface area contributed by atoms with Crippen LogP contribution in [0.25, 0.3) is 0 Å². The number of benzene rings is 1. The molecule has 0 bridgehead atoms. The maximum absolute atomic E-state index is 12.5. The van der Waals surface area contributed by atoms with Crippen molar-refractivity contribution < 1.29 is 27.4 Å². The summed E-state index contributed by atoms with van der Waals surface area (Å²) < 4.78 is 47.0. The summed E-state index contributed by atoms with van der Waals surface area (Å²) in [5, 5.41) is 3.27. The summed E-state index contributed by atoms with van der Waals surface area (Å²) in [6, 6.07) is 6.44. The number of halogens is 4. The predicted molar refractivity (Wildman–Crippen MR) is 125 cm³/mol. The van der Waals surface area contributed by atoms with Gasteiger partial charge in [-0.25, -0.2) is 4.99 Å². The van der Waals surface area contributed by atoms with Gasteiger partial charge in [-0.2, -0.15) is 13.2 Å². The van der Waals surface area contributed by atoms with Gasteiger partial charge in [-0.3, -0.25) is 4.79 Å². The Morgan fingerprint density at radius 3 is 2.41 bits per heavy atom. The fourth-order valence-electron chi connectivity index (χ4n) is 3.56. The van der Waals surface area contributed by atoms with Gasteiger partial charge in [0.1, 0.15) is 11.9 Å². The van der Waals surface area contributed by atoms with Gasteiger partial charge >= 0.3 is 6.18 Å². The van der Waals surface area contributed by atoms with E-state index in [1.807, 2.05) is 11.8 Å². The minimum atomic E-state index is -4.36. The summed E-state index contributed by atoms with van der Waals surface area (Å²) in [6.07, 6.45) is -2.93. The second-order valence-corrected chi connectivity index (χ2v) is 7.53. The van der Waals surface area contributed by atoms with Crippen LogP contribution in [0.3, 0.4) is 0 Å². The zero-order valence-corrected chi connectivity index (χ0v) is 20.4. The van der Waals surface area contributed by atoms with Crippen molar-refractivity contribution in [2.45, 2.75) is 38.6 Å². The number of rotatable bonds is 6. The molecule has 2 aliphatic heterocycles. The number of hydrogen-bond acceptors (Lipinski definition) is 4. The highest BCUT2D eigenvalue weighted by Crippen LogP contribution is 2.19. The van der Waals surface area contributed by atoms with Crippen molar-refractivity contribution in [2.75, 3.05) is 45.9 Å². The van der Waals surface area contributed by atoms with Gasteiger partial charge in [-0.1, -0.05) is 12.1 Å². The molecule has 0 spiro atoms. The Balaban J connectivity index is 0.00000363. The lowest BCUT2D eigenvalue weighted by atomic mass is 10.2. The number of alkyl halides is 3. The molecule has 3 rings (SSSR count). The first kappa shape index (κ1) is 26.5. The van der Waals surface area contributed by atoms with Gasteiger partial charge in [0.25, 0.3) is 5.91 Å². The number of amides is 1. The fourth-order valence-corrected chi connectivity index (χ4v) is 3.56. The minimum Gasteiger partial charge on any atom is -0.484 e. The van der Waals surface area contributed by atoms with Crippen LogP contribution in [0.5, 0.6) is 5.75 Å². The average molecular weight is 570 g/mol. The maximum atomic E-state index is 12.5. The van der Waals surface area contributed by atoms with Crippen LogP contribution >= 0.6 is 24.0 Å². The molecule has 1 atom stereocenters. The first-order valence-electron chi connectivity index (χ1n) is 10.6. The van der Waals surface area contributed by atoms with E-state index >= 15 is 0 Å². The quantitative estimate of drug-likeness (QED) is 0.324. The van der Waals surface area contributed by atoms with E-state index in [-0.39, 0.29) is 41.7 Å². The van der Waals surface area contributed by atoms with E-state index in [1.54, 1.807) is 12.1 Å². The molecule has 1 aromatic carbocycles. The molecule has 7 nitrogen and oxygen atoms in total. The molecule has 0 aromatic heterocycles. The highest BCUT2D eigenvalue weighted by atomic mass is 127. The number of ether oxygens (including phenoxy) is 2. The number of guanidine groups is 1. The molecule has 0 radical (unpaired) electrons. The topological polar surface area (TPSA) is 66.4 Å². The number of aliphatic imine (C=N–C) groups is 1. The van der Waals surface area contributed by atoms with Crippen molar-refractivity contribution >= 4 is 35.8 Å². The van der Waals surface area contributed by atoms with Gasteiger partial charge in [-0.05, 0) is 37.5 Å². The van der Waals surface area contributed by atoms with E-state index in [9.17, 15) is 18.0 Å². The zero-order chi connectivity index (χ0) is 22.3. The number of nitrogens with zero attached hydrogens (tertiary/aromatic N) is 3. The van der Waals surface area contributed by atoms with Gasteiger partial charge in [0.2, 0.25) is 0 Å². The molecule has 1 aromatic rings. The number of hydrogen-bond donors (Lipinski definition) is 1. The number of carbonyl (C=O) groups excluding carboxylic acids is 1. The lowest BCUT2D eigenvalue weighted by Crippen LogP contribution is -2.55. The van der Waals surface area contributed by atoms with Gasteiger partial charge in [0.05, 0.1) is 6.54 Å². The summed E-state index contributed by atoms with van der Waals surface area (Å²) in [7, 11) is 0. The van der Waals surface area contributed by atoms with E-state index < -0.39 is 12.8 Å². The van der Waals surface area contributed by atoms with Crippen LogP contribution in [0.15, 0.2) is 29.3 Å². The standard InChI is InChI=1S/C21H29F3N4O3.HI/c1-2-25-20(26-14-16-5-7-17(8-6-16)31-15-21(22,23)24)28-11-9-27(10-12-28)19(29)18-4-3-13-30-18;/h5-8,18H,2-4,9-15H2,1H3,(H,25,26);1H. The third kappa shape index (κ3) is 7.98. The molecule has 0 saturated carbocycles. The van der Waals surface area contributed by atoms with Crippen molar-refractivity contribution in [3.05, 3.63) is 29.8 Å². The van der Waals surface area contributed by atoms with Crippen molar-refractivity contribution in [1.82, 2.24) is 15.1 Å². The molecule has 1 unspecified atom stereocenters. The summed E-state index contributed by atoms with van der Waals surface area (Å²) in [5.74, 6) is 1.00. The molecular weight excluding hydrogens is 540 g/mol. The van der Waals surface area contributed by atoms with Crippen LogP contribution in [-0.2, 0) is 16.1 Å². The molecule has 1 N–H and O–H groups in total. The van der Waals surface area contributed by atoms with Crippen molar-refractivity contribution in [2.24, 2.45) is 4.99 Å². The Bertz CT molecular complexity index is 748. The highest BCUT2D eigenvalue weighted by molar-refractivity contribution is 14.0. The average Bonchev–Trinajstić information content (AvgIpc) is 3.30. The van der Waals surface area contributed by atoms with Gasteiger partial charge < -0.3 is 24.6 Å². The van der Waals surface area contributed by atoms with Crippen LogP contribution < -0.4 is 10.1 Å². The molecule has 2 aliphatic rings. The number of carbonyl (C=O) groups is 1. The smallest absolute Gasteiger partial charge is 0.422 e. The first-order chi connectivity index (χ1) is 14.9. The lowest BCUT2D eigenvalue weighted by molar-refractivity contribution is -0.153. The van der Waals surface area contributed by atoms with Crippen molar-refractivity contribution in [1.29, 1.82) is 0 Å². The number of nitrogens with one attached hydrogen (secondary N) is 1. The molecule has 180 valence electrons. The molecule has 11 heteroatoms. The van der Waals surface area contributed by atoms with Gasteiger partial charge in [0, 0.05) is 39.3 Å². The molecule has 2 fully saturated rings. The monoisotopic (exact) mass is 570 g/mol. The Morgan fingerprint density at radius 2 is 1.84 bits per heavy atom. The normalized spacial score (nSPS) is 19.5. The molecular formula is C21H30F3IN4O3. The second kappa shape index (κ2) is 12.5. The summed E-state index contributed by atoms with van der Waals surface area (Å²) in [6.45, 7) is 5.01. The van der Waals surface area contributed by atoms with Crippen molar-refractivity contribution in [3.8, 4) is 5.75 Å². The Hall–Kier alpha value is -1.76. The summed E-state index contributed by atoms with van der Waals surface area (Å²) >= 11 is 0. The summed E-state index contributed by atoms with van der Waals surface area (Å²) in [5.41, 5.74) is 0.863. The van der Waals surface area contributed by atoms with E-state index in [1.165, 1.54) is 12.1 Å². The Kier molecular flexibility index (Phi) is 10.3. The maximum Gasteiger partial charge on any atom is 0.422 e. The second-order valence-electron chi connectivity index (χ2n) is 7.53. The third-order valence-electron chi connectivity index (χ3n) is 5.17. The Morgan fingerprint density at radius 1 is 1.19 bits per heavy atom. The predicted octanol–water partition coefficient (Wildman–Crippen LogP) is 3.03. The first-order valence-corrected chi connectivity index (χ1v) is 10.6. The van der Waals surface area contributed by atoms with E-state index in [0.29, 0.717) is 45.9 Å². The van der Waals surface area contributed by atoms with Crippen LogP contribution in [0.1, 0.15) is 25.3 Å². The molecule has 0 aliphatic carbocycles.